The Bertz CT molecular complexity index is 1280. The first-order chi connectivity index (χ1) is 15.3. The highest BCUT2D eigenvalue weighted by Crippen LogP contribution is 2.21. The van der Waals surface area contributed by atoms with Crippen molar-refractivity contribution in [3.05, 3.63) is 81.2 Å². The zero-order valence-electron chi connectivity index (χ0n) is 17.0. The van der Waals surface area contributed by atoms with Gasteiger partial charge in [0.2, 0.25) is 10.0 Å². The number of nitrogens with zero attached hydrogens (tertiary/aromatic N) is 2. The Kier molecular flexibility index (Phi) is 6.40. The molecule has 166 valence electrons. The number of halogens is 1. The van der Waals surface area contributed by atoms with Crippen LogP contribution in [-0.2, 0) is 16.6 Å². The normalized spacial score (nSPS) is 14.4. The van der Waals surface area contributed by atoms with Crippen molar-refractivity contribution < 1.29 is 13.2 Å². The highest BCUT2D eigenvalue weighted by molar-refractivity contribution is 7.89. The van der Waals surface area contributed by atoms with E-state index in [0.717, 1.165) is 12.8 Å². The number of rotatable bonds is 6. The number of H-pyrrole nitrogens is 1. The molecule has 10 heteroatoms. The lowest BCUT2D eigenvalue weighted by atomic mass is 10.2. The summed E-state index contributed by atoms with van der Waals surface area (Å²) in [4.78, 5) is 31.8. The topological polar surface area (TPSA) is 112 Å². The second kappa shape index (κ2) is 9.23. The molecule has 1 aliphatic heterocycles. The molecule has 4 rings (SSSR count). The molecule has 1 aromatic heterocycles. The van der Waals surface area contributed by atoms with Crippen molar-refractivity contribution in [1.29, 1.82) is 0 Å². The summed E-state index contributed by atoms with van der Waals surface area (Å²) in [6.07, 6.45) is 2.97. The van der Waals surface area contributed by atoms with Crippen molar-refractivity contribution in [2.24, 2.45) is 0 Å². The van der Waals surface area contributed by atoms with Crippen molar-refractivity contribution >= 4 is 27.5 Å². The Morgan fingerprint density at radius 3 is 2.34 bits per heavy atom. The number of hydrogen-bond donors (Lipinski definition) is 2. The van der Waals surface area contributed by atoms with Crippen molar-refractivity contribution in [1.82, 2.24) is 19.6 Å². The average molecular weight is 473 g/mol. The van der Waals surface area contributed by atoms with Crippen molar-refractivity contribution in [2.45, 2.75) is 24.3 Å². The van der Waals surface area contributed by atoms with Crippen molar-refractivity contribution in [2.75, 3.05) is 13.1 Å². The molecule has 0 bridgehead atoms. The van der Waals surface area contributed by atoms with Crippen LogP contribution in [-0.4, -0.2) is 41.7 Å². The molecule has 2 heterocycles. The van der Waals surface area contributed by atoms with Crippen LogP contribution in [0.1, 0.15) is 28.8 Å². The van der Waals surface area contributed by atoms with E-state index < -0.39 is 21.5 Å². The van der Waals surface area contributed by atoms with Gasteiger partial charge in [-0.3, -0.25) is 9.59 Å². The lowest BCUT2D eigenvalue weighted by Crippen LogP contribution is -2.30. The van der Waals surface area contributed by atoms with Crippen molar-refractivity contribution in [3.8, 4) is 11.4 Å². The molecule has 8 nitrogen and oxygen atoms in total. The van der Waals surface area contributed by atoms with Crippen LogP contribution in [0.3, 0.4) is 0 Å². The molecule has 0 spiro atoms. The van der Waals surface area contributed by atoms with Gasteiger partial charge in [0.05, 0.1) is 4.90 Å². The van der Waals surface area contributed by atoms with Crippen LogP contribution in [0.25, 0.3) is 11.4 Å². The maximum atomic E-state index is 12.6. The summed E-state index contributed by atoms with van der Waals surface area (Å²) in [5, 5.41) is 3.22. The van der Waals surface area contributed by atoms with Gasteiger partial charge in [0.15, 0.2) is 0 Å². The van der Waals surface area contributed by atoms with E-state index in [9.17, 15) is 18.0 Å². The van der Waals surface area contributed by atoms with Gasteiger partial charge in [0.1, 0.15) is 11.4 Å². The number of carbonyl (C=O) groups is 1. The zero-order chi connectivity index (χ0) is 22.7. The number of aromatic nitrogens is 2. The Morgan fingerprint density at radius 2 is 1.72 bits per heavy atom. The second-order valence-corrected chi connectivity index (χ2v) is 9.79. The summed E-state index contributed by atoms with van der Waals surface area (Å²) in [6.45, 7) is 1.22. The van der Waals surface area contributed by atoms with E-state index in [1.54, 1.807) is 36.4 Å². The van der Waals surface area contributed by atoms with E-state index in [2.05, 4.69) is 15.3 Å². The predicted octanol–water partition coefficient (Wildman–Crippen LogP) is 2.80. The van der Waals surface area contributed by atoms with Crippen LogP contribution in [0.5, 0.6) is 0 Å². The van der Waals surface area contributed by atoms with E-state index in [1.807, 2.05) is 0 Å². The van der Waals surface area contributed by atoms with Crippen LogP contribution in [0.2, 0.25) is 5.02 Å². The fourth-order valence-corrected chi connectivity index (χ4v) is 5.09. The minimum atomic E-state index is -3.48. The molecule has 32 heavy (non-hydrogen) atoms. The smallest absolute Gasteiger partial charge is 0.264 e. The first-order valence-electron chi connectivity index (χ1n) is 10.1. The largest absolute Gasteiger partial charge is 0.348 e. The Labute approximate surface area is 190 Å². The summed E-state index contributed by atoms with van der Waals surface area (Å²) in [6, 6.07) is 13.2. The maximum absolute atomic E-state index is 12.6. The summed E-state index contributed by atoms with van der Waals surface area (Å²) in [5.41, 5.74) is 0.703. The number of benzene rings is 2. The van der Waals surface area contributed by atoms with Crippen molar-refractivity contribution in [3.63, 3.8) is 0 Å². The molecule has 0 saturated carbocycles. The number of carbonyl (C=O) groups excluding carboxylic acids is 1. The van der Waals surface area contributed by atoms with Gasteiger partial charge in [-0.25, -0.2) is 13.4 Å². The zero-order valence-corrected chi connectivity index (χ0v) is 18.6. The highest BCUT2D eigenvalue weighted by atomic mass is 35.5. The molecule has 3 aromatic rings. The van der Waals surface area contributed by atoms with Crippen LogP contribution in [0.4, 0.5) is 0 Å². The van der Waals surface area contributed by atoms with Gasteiger partial charge >= 0.3 is 0 Å². The lowest BCUT2D eigenvalue weighted by molar-refractivity contribution is 0.0949. The van der Waals surface area contributed by atoms with Gasteiger partial charge in [-0.15, -0.1) is 0 Å². The van der Waals surface area contributed by atoms with E-state index >= 15 is 0 Å². The van der Waals surface area contributed by atoms with E-state index in [0.29, 0.717) is 35.1 Å². The SMILES string of the molecule is O=C(NCc1ccc(S(=O)(=O)N2CCCC2)cc1)c1cnc(-c2ccc(Cl)cc2)[nH]c1=O. The molecule has 0 atom stereocenters. The minimum Gasteiger partial charge on any atom is -0.348 e. The number of aromatic amines is 1. The fraction of sp³-hybridized carbons (Fsp3) is 0.227. The molecule has 0 radical (unpaired) electrons. The molecule has 1 aliphatic rings. The molecule has 1 amide bonds. The Hall–Kier alpha value is -3.01. The molecule has 1 fully saturated rings. The first kappa shape index (κ1) is 22.2. The third kappa shape index (κ3) is 4.74. The average Bonchev–Trinajstić information content (AvgIpc) is 3.34. The number of nitrogens with one attached hydrogen (secondary N) is 2. The number of amides is 1. The first-order valence-corrected chi connectivity index (χ1v) is 11.9. The van der Waals surface area contributed by atoms with E-state index in [-0.39, 0.29) is 17.0 Å². The van der Waals surface area contributed by atoms with Crippen LogP contribution < -0.4 is 10.9 Å². The third-order valence-corrected chi connectivity index (χ3v) is 7.41. The van der Waals surface area contributed by atoms with Crippen LogP contribution >= 0.6 is 11.6 Å². The Morgan fingerprint density at radius 1 is 1.06 bits per heavy atom. The summed E-state index contributed by atoms with van der Waals surface area (Å²) < 4.78 is 26.7. The molecular weight excluding hydrogens is 452 g/mol. The second-order valence-electron chi connectivity index (χ2n) is 7.42. The highest BCUT2D eigenvalue weighted by Gasteiger charge is 2.26. The van der Waals surface area contributed by atoms with Gasteiger partial charge in [-0.2, -0.15) is 4.31 Å². The molecule has 2 aromatic carbocycles. The van der Waals surface area contributed by atoms with Crippen LogP contribution in [0.15, 0.2) is 64.4 Å². The van der Waals surface area contributed by atoms with E-state index in [1.165, 1.54) is 22.6 Å². The Balaban J connectivity index is 1.41. The quantitative estimate of drug-likeness (QED) is 0.573. The predicted molar refractivity (Wildman–Crippen MR) is 121 cm³/mol. The monoisotopic (exact) mass is 472 g/mol. The summed E-state index contributed by atoms with van der Waals surface area (Å²) in [5.74, 6) is -0.242. The molecule has 1 saturated heterocycles. The fourth-order valence-electron chi connectivity index (χ4n) is 3.45. The number of sulfonamides is 1. The van der Waals surface area contributed by atoms with E-state index in [4.69, 9.17) is 11.6 Å². The molecular formula is C22H21ClN4O4S. The lowest BCUT2D eigenvalue weighted by Gasteiger charge is -2.15. The summed E-state index contributed by atoms with van der Waals surface area (Å²) in [7, 11) is -3.48. The third-order valence-electron chi connectivity index (χ3n) is 5.24. The molecule has 0 unspecified atom stereocenters. The van der Waals surface area contributed by atoms with Gasteiger partial charge < -0.3 is 10.3 Å². The summed E-state index contributed by atoms with van der Waals surface area (Å²) >= 11 is 5.87. The minimum absolute atomic E-state index is 0.115. The van der Waals surface area contributed by atoms with Gasteiger partial charge in [-0.1, -0.05) is 23.7 Å². The van der Waals surface area contributed by atoms with Gasteiger partial charge in [0, 0.05) is 36.4 Å². The van der Waals surface area contributed by atoms with Gasteiger partial charge in [0.25, 0.3) is 11.5 Å². The van der Waals surface area contributed by atoms with Gasteiger partial charge in [-0.05, 0) is 54.8 Å². The maximum Gasteiger partial charge on any atom is 0.264 e. The number of hydrogen-bond acceptors (Lipinski definition) is 5. The molecule has 2 N–H and O–H groups in total. The standard InChI is InChI=1S/C22H21ClN4O4S/c23-17-7-5-16(6-8-17)20-24-14-19(22(29)26-20)21(28)25-13-15-3-9-18(10-4-15)32(30,31)27-11-1-2-12-27/h3-10,14H,1-2,11-13H2,(H,25,28)(H,24,26,29). The van der Waals surface area contributed by atoms with Crippen LogP contribution in [0, 0.1) is 0 Å². The molecule has 0 aliphatic carbocycles.